The monoisotopic (exact) mass is 434 g/mol. The SMILES string of the molecule is CC(C)C[C@H](NC(CNS(=O)(=O)c1ccc(-c2ccccc2)cc1)C(=O)O)C(=O)O. The van der Waals surface area contributed by atoms with Crippen LogP contribution in [0.1, 0.15) is 20.3 Å². The standard InChI is InChI=1S/C21H26N2O6S/c1-14(2)12-18(20(24)25)23-19(21(26)27)13-22-30(28,29)17-10-8-16(9-11-17)15-6-4-3-5-7-15/h3-11,14,18-19,22-23H,12-13H2,1-2H3,(H,24,25)(H,26,27)/t18-,19?/m0/s1. The van der Waals surface area contributed by atoms with Crippen molar-refractivity contribution >= 4 is 22.0 Å². The van der Waals surface area contributed by atoms with E-state index in [9.17, 15) is 28.2 Å². The van der Waals surface area contributed by atoms with Gasteiger partial charge < -0.3 is 10.2 Å². The van der Waals surface area contributed by atoms with Crippen molar-refractivity contribution in [2.24, 2.45) is 5.92 Å². The number of carbonyl (C=O) groups is 2. The van der Waals surface area contributed by atoms with Crippen molar-refractivity contribution in [1.29, 1.82) is 0 Å². The number of carboxylic acid groups (broad SMARTS) is 2. The van der Waals surface area contributed by atoms with Gasteiger partial charge in [-0.25, -0.2) is 13.1 Å². The van der Waals surface area contributed by atoms with E-state index in [4.69, 9.17) is 0 Å². The molecule has 2 aromatic carbocycles. The minimum Gasteiger partial charge on any atom is -0.480 e. The van der Waals surface area contributed by atoms with Gasteiger partial charge in [-0.2, -0.15) is 0 Å². The molecule has 0 spiro atoms. The van der Waals surface area contributed by atoms with Crippen LogP contribution in [0.25, 0.3) is 11.1 Å². The van der Waals surface area contributed by atoms with Crippen molar-refractivity contribution in [1.82, 2.24) is 10.0 Å². The average molecular weight is 435 g/mol. The van der Waals surface area contributed by atoms with Crippen molar-refractivity contribution in [3.05, 3.63) is 54.6 Å². The first-order valence-electron chi connectivity index (χ1n) is 9.47. The van der Waals surface area contributed by atoms with Gasteiger partial charge in [0.1, 0.15) is 12.1 Å². The largest absolute Gasteiger partial charge is 0.480 e. The predicted octanol–water partition coefficient (Wildman–Crippen LogP) is 2.17. The Morgan fingerprint density at radius 3 is 1.90 bits per heavy atom. The fraction of sp³-hybridized carbons (Fsp3) is 0.333. The molecule has 162 valence electrons. The average Bonchev–Trinajstić information content (AvgIpc) is 2.70. The molecule has 0 heterocycles. The molecule has 9 heteroatoms. The van der Waals surface area contributed by atoms with Crippen LogP contribution in [0.2, 0.25) is 0 Å². The van der Waals surface area contributed by atoms with E-state index < -0.39 is 40.6 Å². The number of benzene rings is 2. The molecular formula is C21H26N2O6S. The molecule has 0 aliphatic carbocycles. The van der Waals surface area contributed by atoms with Gasteiger partial charge in [-0.05, 0) is 35.6 Å². The second-order valence-corrected chi connectivity index (χ2v) is 9.09. The highest BCUT2D eigenvalue weighted by Gasteiger charge is 2.28. The molecule has 0 amide bonds. The van der Waals surface area contributed by atoms with Crippen LogP contribution < -0.4 is 10.0 Å². The minimum atomic E-state index is -3.97. The summed E-state index contributed by atoms with van der Waals surface area (Å²) in [4.78, 5) is 22.9. The lowest BCUT2D eigenvalue weighted by Gasteiger charge is -2.22. The molecule has 2 rings (SSSR count). The first-order valence-corrected chi connectivity index (χ1v) is 10.9. The Bertz CT molecular complexity index is 959. The maximum atomic E-state index is 12.6. The molecule has 0 aliphatic rings. The molecule has 0 aromatic heterocycles. The second-order valence-electron chi connectivity index (χ2n) is 7.32. The summed E-state index contributed by atoms with van der Waals surface area (Å²) in [5, 5.41) is 21.2. The van der Waals surface area contributed by atoms with E-state index in [-0.39, 0.29) is 17.2 Å². The van der Waals surface area contributed by atoms with Gasteiger partial charge in [0.25, 0.3) is 0 Å². The topological polar surface area (TPSA) is 133 Å². The predicted molar refractivity (Wildman–Crippen MR) is 113 cm³/mol. The van der Waals surface area contributed by atoms with Gasteiger partial charge in [-0.3, -0.25) is 14.9 Å². The normalized spacial score (nSPS) is 13.7. The zero-order valence-corrected chi connectivity index (χ0v) is 17.6. The lowest BCUT2D eigenvalue weighted by atomic mass is 10.0. The molecule has 2 aromatic rings. The third-order valence-corrected chi connectivity index (χ3v) is 5.89. The number of aliphatic carboxylic acids is 2. The lowest BCUT2D eigenvalue weighted by Crippen LogP contribution is -2.52. The first kappa shape index (κ1) is 23.5. The van der Waals surface area contributed by atoms with Gasteiger partial charge in [0.2, 0.25) is 10.0 Å². The fourth-order valence-corrected chi connectivity index (χ4v) is 3.95. The maximum absolute atomic E-state index is 12.6. The smallest absolute Gasteiger partial charge is 0.322 e. The Morgan fingerprint density at radius 1 is 0.867 bits per heavy atom. The number of sulfonamides is 1. The Labute approximate surface area is 176 Å². The second kappa shape index (κ2) is 10.3. The van der Waals surface area contributed by atoms with Crippen LogP contribution in [0, 0.1) is 5.92 Å². The number of hydrogen-bond donors (Lipinski definition) is 4. The summed E-state index contributed by atoms with van der Waals surface area (Å²) in [6.45, 7) is 3.14. The fourth-order valence-electron chi connectivity index (χ4n) is 2.91. The minimum absolute atomic E-state index is 0.0108. The molecule has 0 saturated carbocycles. The number of nitrogens with one attached hydrogen (secondary N) is 2. The summed E-state index contributed by atoms with van der Waals surface area (Å²) in [6, 6.07) is 13.2. The maximum Gasteiger partial charge on any atom is 0.322 e. The van der Waals surface area contributed by atoms with Gasteiger partial charge in [0, 0.05) is 6.54 Å². The van der Waals surface area contributed by atoms with Crippen molar-refractivity contribution < 1.29 is 28.2 Å². The third-order valence-electron chi connectivity index (χ3n) is 4.45. The van der Waals surface area contributed by atoms with Gasteiger partial charge in [-0.1, -0.05) is 56.3 Å². The number of rotatable bonds is 11. The molecule has 0 fully saturated rings. The first-order chi connectivity index (χ1) is 14.1. The van der Waals surface area contributed by atoms with Gasteiger partial charge in [0.05, 0.1) is 4.90 Å². The van der Waals surface area contributed by atoms with E-state index >= 15 is 0 Å². The molecule has 4 N–H and O–H groups in total. The zero-order chi connectivity index (χ0) is 22.3. The Balaban J connectivity index is 2.09. The van der Waals surface area contributed by atoms with Crippen molar-refractivity contribution in [3.8, 4) is 11.1 Å². The van der Waals surface area contributed by atoms with E-state index in [0.717, 1.165) is 11.1 Å². The van der Waals surface area contributed by atoms with Gasteiger partial charge in [-0.15, -0.1) is 0 Å². The van der Waals surface area contributed by atoms with Gasteiger partial charge in [0.15, 0.2) is 0 Å². The van der Waals surface area contributed by atoms with Crippen LogP contribution in [0.4, 0.5) is 0 Å². The zero-order valence-electron chi connectivity index (χ0n) is 16.8. The summed E-state index contributed by atoms with van der Waals surface area (Å²) in [5.74, 6) is -2.51. The van der Waals surface area contributed by atoms with Crippen molar-refractivity contribution in [2.45, 2.75) is 37.2 Å². The van der Waals surface area contributed by atoms with Crippen LogP contribution >= 0.6 is 0 Å². The summed E-state index contributed by atoms with van der Waals surface area (Å²) in [6.07, 6.45) is 0.215. The number of carboxylic acids is 2. The summed E-state index contributed by atoms with van der Waals surface area (Å²) >= 11 is 0. The van der Waals surface area contributed by atoms with Crippen LogP contribution in [-0.2, 0) is 19.6 Å². The third kappa shape index (κ3) is 6.65. The van der Waals surface area contributed by atoms with E-state index in [1.807, 2.05) is 44.2 Å². The van der Waals surface area contributed by atoms with E-state index in [1.54, 1.807) is 12.1 Å². The molecule has 0 saturated heterocycles. The highest BCUT2D eigenvalue weighted by molar-refractivity contribution is 7.89. The summed E-state index contributed by atoms with van der Waals surface area (Å²) in [7, 11) is -3.97. The van der Waals surface area contributed by atoms with Crippen molar-refractivity contribution in [3.63, 3.8) is 0 Å². The molecule has 1 unspecified atom stereocenters. The molecule has 0 bridgehead atoms. The Kier molecular flexibility index (Phi) is 8.10. The van der Waals surface area contributed by atoms with E-state index in [1.165, 1.54) is 12.1 Å². The lowest BCUT2D eigenvalue weighted by molar-refractivity contribution is -0.142. The highest BCUT2D eigenvalue weighted by Crippen LogP contribution is 2.21. The molecule has 0 radical (unpaired) electrons. The Hall–Kier alpha value is -2.75. The summed E-state index contributed by atoms with van der Waals surface area (Å²) in [5.41, 5.74) is 1.78. The van der Waals surface area contributed by atoms with Crippen LogP contribution in [-0.4, -0.2) is 49.2 Å². The summed E-state index contributed by atoms with van der Waals surface area (Å²) < 4.78 is 27.4. The molecule has 2 atom stereocenters. The molecule has 0 aliphatic heterocycles. The van der Waals surface area contributed by atoms with Crippen LogP contribution in [0.5, 0.6) is 0 Å². The molecule has 8 nitrogen and oxygen atoms in total. The Morgan fingerprint density at radius 2 is 1.40 bits per heavy atom. The quantitative estimate of drug-likeness (QED) is 0.426. The van der Waals surface area contributed by atoms with Gasteiger partial charge >= 0.3 is 11.9 Å². The van der Waals surface area contributed by atoms with E-state index in [0.29, 0.717) is 0 Å². The van der Waals surface area contributed by atoms with Crippen molar-refractivity contribution in [2.75, 3.05) is 6.54 Å². The van der Waals surface area contributed by atoms with Crippen LogP contribution in [0.15, 0.2) is 59.5 Å². The molecule has 30 heavy (non-hydrogen) atoms. The van der Waals surface area contributed by atoms with Crippen LogP contribution in [0.3, 0.4) is 0 Å². The highest BCUT2D eigenvalue weighted by atomic mass is 32.2. The van der Waals surface area contributed by atoms with E-state index in [2.05, 4.69) is 10.0 Å². The number of hydrogen-bond acceptors (Lipinski definition) is 5. The molecular weight excluding hydrogens is 408 g/mol.